The first-order valence-electron chi connectivity index (χ1n) is 9.16. The van der Waals surface area contributed by atoms with Crippen molar-refractivity contribution in [1.29, 1.82) is 0 Å². The first-order valence-corrected chi connectivity index (χ1v) is 9.94. The molecule has 28 heavy (non-hydrogen) atoms. The highest BCUT2D eigenvalue weighted by Gasteiger charge is 2.32. The van der Waals surface area contributed by atoms with Gasteiger partial charge in [-0.15, -0.1) is 0 Å². The molecule has 0 radical (unpaired) electrons. The number of likely N-dealkylation sites (N-methyl/N-ethyl adjacent to an activating group) is 1. The minimum Gasteiger partial charge on any atom is -0.493 e. The van der Waals surface area contributed by atoms with E-state index in [1.165, 1.54) is 11.9 Å². The molecule has 1 aliphatic heterocycles. The number of aliphatic hydroxyl groups is 1. The van der Waals surface area contributed by atoms with E-state index in [-0.39, 0.29) is 24.6 Å². The third-order valence-corrected chi connectivity index (χ3v) is 5.97. The van der Waals surface area contributed by atoms with E-state index in [1.807, 2.05) is 53.8 Å². The normalized spacial score (nSPS) is 17.5. The Hall–Kier alpha value is -2.22. The van der Waals surface area contributed by atoms with Crippen LogP contribution in [0.25, 0.3) is 0 Å². The zero-order valence-corrected chi connectivity index (χ0v) is 17.2. The first-order chi connectivity index (χ1) is 13.5. The molecule has 1 amide bonds. The molecule has 0 spiro atoms. The van der Waals surface area contributed by atoms with Crippen LogP contribution in [0.15, 0.2) is 47.4 Å². The minimum atomic E-state index is -0.333. The van der Waals surface area contributed by atoms with Crippen LogP contribution in [0.4, 0.5) is 0 Å². The number of benzene rings is 2. The number of carbonyl (C=O) groups excluding carboxylic acids is 1. The molecular formula is C21H26N2O4S. The predicted molar refractivity (Wildman–Crippen MR) is 110 cm³/mol. The molecule has 2 aromatic rings. The fraction of sp³-hybridized carbons (Fsp3) is 0.381. The van der Waals surface area contributed by atoms with E-state index in [4.69, 9.17) is 9.47 Å². The van der Waals surface area contributed by atoms with Crippen LogP contribution < -0.4 is 14.8 Å². The van der Waals surface area contributed by atoms with Gasteiger partial charge < -0.3 is 19.9 Å². The van der Waals surface area contributed by atoms with Crippen LogP contribution in [0, 0.1) is 0 Å². The fourth-order valence-electron chi connectivity index (χ4n) is 3.32. The first kappa shape index (κ1) is 20.5. The van der Waals surface area contributed by atoms with E-state index in [0.29, 0.717) is 24.3 Å². The molecule has 2 aromatic carbocycles. The molecule has 0 aliphatic carbocycles. The summed E-state index contributed by atoms with van der Waals surface area (Å²) >= 11 is 1.51. The van der Waals surface area contributed by atoms with Gasteiger partial charge >= 0.3 is 0 Å². The number of fused-ring (bicyclic) bond motifs is 1. The highest BCUT2D eigenvalue weighted by molar-refractivity contribution is 7.97. The Bertz CT molecular complexity index is 816. The third-order valence-electron chi connectivity index (χ3n) is 4.86. The molecule has 150 valence electrons. The van der Waals surface area contributed by atoms with Crippen LogP contribution in [0.1, 0.15) is 11.1 Å². The number of methoxy groups -OCH3 is 2. The zero-order chi connectivity index (χ0) is 20.1. The topological polar surface area (TPSA) is 71.0 Å². The second-order valence-electron chi connectivity index (χ2n) is 6.75. The number of amides is 1. The van der Waals surface area contributed by atoms with Crippen molar-refractivity contribution in [2.75, 3.05) is 27.9 Å². The maximum absolute atomic E-state index is 12.9. The SMILES string of the molecule is COc1cc2c(cc1OC)SN(C)C(C(=O)N[C@H](CO)Cc1ccccc1)C2. The highest BCUT2D eigenvalue weighted by Crippen LogP contribution is 2.40. The summed E-state index contributed by atoms with van der Waals surface area (Å²) in [6.07, 6.45) is 1.16. The monoisotopic (exact) mass is 402 g/mol. The minimum absolute atomic E-state index is 0.0922. The largest absolute Gasteiger partial charge is 0.493 e. The van der Waals surface area contributed by atoms with Crippen molar-refractivity contribution in [2.45, 2.75) is 29.8 Å². The quantitative estimate of drug-likeness (QED) is 0.693. The summed E-state index contributed by atoms with van der Waals surface area (Å²) in [5.41, 5.74) is 2.12. The second kappa shape index (κ2) is 9.32. The van der Waals surface area contributed by atoms with E-state index in [9.17, 15) is 9.90 Å². The van der Waals surface area contributed by atoms with E-state index >= 15 is 0 Å². The lowest BCUT2D eigenvalue weighted by molar-refractivity contribution is -0.125. The molecule has 2 atom stereocenters. The lowest BCUT2D eigenvalue weighted by Gasteiger charge is -2.33. The van der Waals surface area contributed by atoms with Gasteiger partial charge in [-0.1, -0.05) is 30.3 Å². The maximum Gasteiger partial charge on any atom is 0.238 e. The van der Waals surface area contributed by atoms with Crippen molar-refractivity contribution < 1.29 is 19.4 Å². The summed E-state index contributed by atoms with van der Waals surface area (Å²) in [5.74, 6) is 1.24. The van der Waals surface area contributed by atoms with Crippen LogP contribution in [0.5, 0.6) is 11.5 Å². The van der Waals surface area contributed by atoms with Gasteiger partial charge in [0.05, 0.1) is 26.9 Å². The van der Waals surface area contributed by atoms with Crippen molar-refractivity contribution in [3.8, 4) is 11.5 Å². The number of nitrogens with zero attached hydrogens (tertiary/aromatic N) is 1. The summed E-state index contributed by atoms with van der Waals surface area (Å²) in [4.78, 5) is 14.0. The highest BCUT2D eigenvalue weighted by atomic mass is 32.2. The number of ether oxygens (including phenoxy) is 2. The average Bonchev–Trinajstić information content (AvgIpc) is 2.72. The molecular weight excluding hydrogens is 376 g/mol. The van der Waals surface area contributed by atoms with Gasteiger partial charge in [-0.2, -0.15) is 0 Å². The summed E-state index contributed by atoms with van der Waals surface area (Å²) in [6.45, 7) is -0.105. The molecule has 6 nitrogen and oxygen atoms in total. The Labute approximate surface area is 170 Å². The van der Waals surface area contributed by atoms with Crippen LogP contribution >= 0.6 is 11.9 Å². The second-order valence-corrected chi connectivity index (χ2v) is 7.95. The van der Waals surface area contributed by atoms with Crippen LogP contribution in [0.2, 0.25) is 0 Å². The van der Waals surface area contributed by atoms with Gasteiger partial charge in [0.15, 0.2) is 11.5 Å². The molecule has 1 aliphatic rings. The lowest BCUT2D eigenvalue weighted by Crippen LogP contribution is -2.50. The number of carbonyl (C=O) groups is 1. The smallest absolute Gasteiger partial charge is 0.238 e. The van der Waals surface area contributed by atoms with Gasteiger partial charge in [0.1, 0.15) is 6.04 Å². The van der Waals surface area contributed by atoms with Gasteiger partial charge in [-0.3, -0.25) is 4.79 Å². The van der Waals surface area contributed by atoms with Gasteiger partial charge in [0.2, 0.25) is 5.91 Å². The van der Waals surface area contributed by atoms with Crippen molar-refractivity contribution in [1.82, 2.24) is 9.62 Å². The Morgan fingerprint density at radius 3 is 2.57 bits per heavy atom. The zero-order valence-electron chi connectivity index (χ0n) is 16.3. The molecule has 0 saturated carbocycles. The summed E-state index contributed by atoms with van der Waals surface area (Å²) in [7, 11) is 5.12. The van der Waals surface area contributed by atoms with E-state index in [0.717, 1.165) is 16.0 Å². The Kier molecular flexibility index (Phi) is 6.83. The van der Waals surface area contributed by atoms with Crippen LogP contribution in [0.3, 0.4) is 0 Å². The van der Waals surface area contributed by atoms with Crippen LogP contribution in [-0.4, -0.2) is 55.3 Å². The summed E-state index contributed by atoms with van der Waals surface area (Å²) < 4.78 is 12.7. The Balaban J connectivity index is 1.72. The molecule has 0 bridgehead atoms. The predicted octanol–water partition coefficient (Wildman–Crippen LogP) is 2.29. The number of hydrogen-bond donors (Lipinski definition) is 2. The number of hydrogen-bond acceptors (Lipinski definition) is 6. The van der Waals surface area contributed by atoms with Gasteiger partial charge in [-0.25, -0.2) is 4.31 Å². The van der Waals surface area contributed by atoms with E-state index < -0.39 is 0 Å². The number of nitrogens with one attached hydrogen (secondary N) is 1. The van der Waals surface area contributed by atoms with Crippen molar-refractivity contribution in [3.63, 3.8) is 0 Å². The molecule has 0 saturated heterocycles. The van der Waals surface area contributed by atoms with E-state index in [1.54, 1.807) is 14.2 Å². The average molecular weight is 403 g/mol. The van der Waals surface area contributed by atoms with Crippen molar-refractivity contribution in [3.05, 3.63) is 53.6 Å². The fourth-order valence-corrected chi connectivity index (χ4v) is 4.34. The molecule has 0 aromatic heterocycles. The Morgan fingerprint density at radius 1 is 1.25 bits per heavy atom. The lowest BCUT2D eigenvalue weighted by atomic mass is 10.0. The van der Waals surface area contributed by atoms with Gasteiger partial charge in [-0.05, 0) is 55.1 Å². The van der Waals surface area contributed by atoms with E-state index in [2.05, 4.69) is 5.32 Å². The Morgan fingerprint density at radius 2 is 1.93 bits per heavy atom. The van der Waals surface area contributed by atoms with Crippen molar-refractivity contribution in [2.24, 2.45) is 0 Å². The number of aliphatic hydroxyl groups excluding tert-OH is 1. The maximum atomic E-state index is 12.9. The molecule has 7 heteroatoms. The molecule has 1 heterocycles. The number of rotatable bonds is 7. The summed E-state index contributed by atoms with van der Waals surface area (Å²) in [6, 6.07) is 13.1. The molecule has 3 rings (SSSR count). The molecule has 0 fully saturated rings. The molecule has 2 N–H and O–H groups in total. The van der Waals surface area contributed by atoms with Gasteiger partial charge in [0, 0.05) is 4.90 Å². The molecule has 1 unspecified atom stereocenters. The third kappa shape index (κ3) is 4.60. The van der Waals surface area contributed by atoms with Gasteiger partial charge in [0.25, 0.3) is 0 Å². The van der Waals surface area contributed by atoms with Crippen molar-refractivity contribution >= 4 is 17.9 Å². The van der Waals surface area contributed by atoms with Crippen LogP contribution in [-0.2, 0) is 17.6 Å². The summed E-state index contributed by atoms with van der Waals surface area (Å²) in [5, 5.41) is 12.7. The standard InChI is InChI=1S/C21H26N2O4S/c1-23-17(10-15-11-18(26-2)19(27-3)12-20(15)28-23)21(25)22-16(13-24)9-14-7-5-4-6-8-14/h4-8,11-12,16-17,24H,9-10,13H2,1-3H3,(H,22,25)/t16-,17?/m0/s1.